The minimum atomic E-state index is -0.551. The van der Waals surface area contributed by atoms with Gasteiger partial charge in [0.05, 0.1) is 0 Å². The van der Waals surface area contributed by atoms with Crippen LogP contribution < -0.4 is 5.32 Å². The maximum Gasteiger partial charge on any atom is 0.410 e. The lowest BCUT2D eigenvalue weighted by atomic mass is 10.1. The maximum atomic E-state index is 13.3. The summed E-state index contributed by atoms with van der Waals surface area (Å²) in [7, 11) is 0. The van der Waals surface area contributed by atoms with Crippen molar-refractivity contribution in [2.24, 2.45) is 0 Å². The molecule has 0 radical (unpaired) electrons. The molecule has 0 spiro atoms. The number of hydrogen-bond donors (Lipinski definition) is 1. The predicted octanol–water partition coefficient (Wildman–Crippen LogP) is 4.93. The Kier molecular flexibility index (Phi) is 6.28. The fourth-order valence-corrected chi connectivity index (χ4v) is 2.21. The third-order valence-corrected chi connectivity index (χ3v) is 3.17. The average Bonchev–Trinajstić information content (AvgIpc) is 2.29. The molecule has 6 heteroatoms. The summed E-state index contributed by atoms with van der Waals surface area (Å²) in [6.07, 6.45) is -0.371. The number of nitrogens with one attached hydrogen (secondary N) is 1. The summed E-state index contributed by atoms with van der Waals surface area (Å²) in [5, 5.41) is 3.40. The number of anilines is 1. The normalized spacial score (nSPS) is 12.0. The van der Waals surface area contributed by atoms with Crippen LogP contribution in [-0.4, -0.2) is 35.2 Å². The Labute approximate surface area is 142 Å². The average molecular weight is 345 g/mol. The van der Waals surface area contributed by atoms with Crippen LogP contribution in [0.3, 0.4) is 0 Å². The second kappa shape index (κ2) is 7.39. The SMILES string of the molecule is CC(C)(C)OC(=O)N(CCNc1cc(F)cc(Cl)c1)C(C)(C)C. The molecule has 1 amide bonds. The zero-order chi connectivity index (χ0) is 17.8. The summed E-state index contributed by atoms with van der Waals surface area (Å²) >= 11 is 5.82. The number of rotatable bonds is 4. The molecule has 0 aliphatic heterocycles. The first-order valence-electron chi connectivity index (χ1n) is 7.59. The van der Waals surface area contributed by atoms with E-state index in [0.29, 0.717) is 23.8 Å². The summed E-state index contributed by atoms with van der Waals surface area (Å²) < 4.78 is 18.8. The molecular formula is C17H26ClFN2O2. The third-order valence-electron chi connectivity index (χ3n) is 2.95. The van der Waals surface area contributed by atoms with Crippen molar-refractivity contribution in [3.8, 4) is 0 Å². The quantitative estimate of drug-likeness (QED) is 0.842. The minimum absolute atomic E-state index is 0.326. The van der Waals surface area contributed by atoms with Crippen LogP contribution in [0.1, 0.15) is 41.5 Å². The largest absolute Gasteiger partial charge is 0.444 e. The van der Waals surface area contributed by atoms with Gasteiger partial charge < -0.3 is 15.0 Å². The standard InChI is InChI=1S/C17H26ClFN2O2/c1-16(2,3)21(15(22)23-17(4,5)6)8-7-20-14-10-12(18)9-13(19)11-14/h9-11,20H,7-8H2,1-6H3. The van der Waals surface area contributed by atoms with Gasteiger partial charge in [0.25, 0.3) is 0 Å². The lowest BCUT2D eigenvalue weighted by molar-refractivity contribution is 0.00749. The Bertz CT molecular complexity index is 530. The van der Waals surface area contributed by atoms with Gasteiger partial charge in [0.2, 0.25) is 0 Å². The maximum absolute atomic E-state index is 13.3. The van der Waals surface area contributed by atoms with E-state index < -0.39 is 11.4 Å². The van der Waals surface area contributed by atoms with Crippen LogP contribution in [0.4, 0.5) is 14.9 Å². The topological polar surface area (TPSA) is 41.6 Å². The molecule has 0 aliphatic carbocycles. The lowest BCUT2D eigenvalue weighted by Gasteiger charge is -2.37. The van der Waals surface area contributed by atoms with Crippen LogP contribution in [0, 0.1) is 5.82 Å². The molecule has 0 bridgehead atoms. The highest BCUT2D eigenvalue weighted by atomic mass is 35.5. The molecule has 0 fully saturated rings. The van der Waals surface area contributed by atoms with Crippen LogP contribution in [0.25, 0.3) is 0 Å². The smallest absolute Gasteiger partial charge is 0.410 e. The molecule has 0 aromatic heterocycles. The summed E-state index contributed by atoms with van der Waals surface area (Å²) in [5.41, 5.74) is -0.360. The molecule has 130 valence electrons. The predicted molar refractivity (Wildman–Crippen MR) is 92.6 cm³/mol. The number of ether oxygens (including phenoxy) is 1. The monoisotopic (exact) mass is 344 g/mol. The van der Waals surface area contributed by atoms with Gasteiger partial charge in [0, 0.05) is 29.3 Å². The van der Waals surface area contributed by atoms with E-state index in [-0.39, 0.29) is 11.6 Å². The molecule has 0 aliphatic rings. The number of nitrogens with zero attached hydrogens (tertiary/aromatic N) is 1. The van der Waals surface area contributed by atoms with E-state index in [1.165, 1.54) is 12.1 Å². The van der Waals surface area contributed by atoms with Crippen molar-refractivity contribution in [3.05, 3.63) is 29.0 Å². The van der Waals surface area contributed by atoms with Crippen LogP contribution in [0.5, 0.6) is 0 Å². The molecule has 0 atom stereocenters. The van der Waals surface area contributed by atoms with Crippen molar-refractivity contribution in [1.29, 1.82) is 0 Å². The molecule has 1 rings (SSSR count). The van der Waals surface area contributed by atoms with Crippen molar-refractivity contribution in [3.63, 3.8) is 0 Å². The van der Waals surface area contributed by atoms with Gasteiger partial charge in [0.1, 0.15) is 11.4 Å². The van der Waals surface area contributed by atoms with Gasteiger partial charge in [-0.2, -0.15) is 0 Å². The summed E-state index contributed by atoms with van der Waals surface area (Å²) in [6, 6.07) is 4.25. The van der Waals surface area contributed by atoms with E-state index in [4.69, 9.17) is 16.3 Å². The van der Waals surface area contributed by atoms with E-state index in [2.05, 4.69) is 5.32 Å². The van der Waals surface area contributed by atoms with Crippen molar-refractivity contribution >= 4 is 23.4 Å². The van der Waals surface area contributed by atoms with Gasteiger partial charge in [-0.05, 0) is 59.7 Å². The van der Waals surface area contributed by atoms with Gasteiger partial charge in [-0.15, -0.1) is 0 Å². The number of hydrogen-bond acceptors (Lipinski definition) is 3. The van der Waals surface area contributed by atoms with E-state index >= 15 is 0 Å². The Morgan fingerprint density at radius 1 is 1.22 bits per heavy atom. The molecular weight excluding hydrogens is 319 g/mol. The first kappa shape index (κ1) is 19.6. The summed E-state index contributed by atoms with van der Waals surface area (Å²) in [4.78, 5) is 14.0. The van der Waals surface area contributed by atoms with Crippen LogP contribution >= 0.6 is 11.6 Å². The highest BCUT2D eigenvalue weighted by molar-refractivity contribution is 6.30. The van der Waals surface area contributed by atoms with Gasteiger partial charge in [-0.1, -0.05) is 11.6 Å². The molecule has 1 N–H and O–H groups in total. The Morgan fingerprint density at radius 3 is 2.30 bits per heavy atom. The second-order valence-electron chi connectivity index (χ2n) is 7.39. The number of carbonyl (C=O) groups excluding carboxylic acids is 1. The number of carbonyl (C=O) groups is 1. The third kappa shape index (κ3) is 7.08. The Hall–Kier alpha value is -1.49. The fourth-order valence-electron chi connectivity index (χ4n) is 1.99. The van der Waals surface area contributed by atoms with Gasteiger partial charge >= 0.3 is 6.09 Å². The highest BCUT2D eigenvalue weighted by Crippen LogP contribution is 2.20. The van der Waals surface area contributed by atoms with Crippen molar-refractivity contribution < 1.29 is 13.9 Å². The first-order chi connectivity index (χ1) is 10.4. The molecule has 0 unspecified atom stereocenters. The highest BCUT2D eigenvalue weighted by Gasteiger charge is 2.30. The number of amides is 1. The van der Waals surface area contributed by atoms with Gasteiger partial charge in [-0.25, -0.2) is 9.18 Å². The molecule has 1 aromatic carbocycles. The van der Waals surface area contributed by atoms with Crippen molar-refractivity contribution in [2.75, 3.05) is 18.4 Å². The molecule has 4 nitrogen and oxygen atoms in total. The Morgan fingerprint density at radius 2 is 1.83 bits per heavy atom. The molecule has 0 saturated heterocycles. The molecule has 0 saturated carbocycles. The fraction of sp³-hybridized carbons (Fsp3) is 0.588. The van der Waals surface area contributed by atoms with Crippen LogP contribution in [0.15, 0.2) is 18.2 Å². The second-order valence-corrected chi connectivity index (χ2v) is 7.82. The molecule has 23 heavy (non-hydrogen) atoms. The van der Waals surface area contributed by atoms with Gasteiger partial charge in [-0.3, -0.25) is 0 Å². The van der Waals surface area contributed by atoms with Crippen LogP contribution in [0.2, 0.25) is 5.02 Å². The van der Waals surface area contributed by atoms with Gasteiger partial charge in [0.15, 0.2) is 0 Å². The molecule has 0 heterocycles. The zero-order valence-electron chi connectivity index (χ0n) is 14.7. The lowest BCUT2D eigenvalue weighted by Crippen LogP contribution is -2.49. The Balaban J connectivity index is 2.70. The zero-order valence-corrected chi connectivity index (χ0v) is 15.4. The number of benzene rings is 1. The van der Waals surface area contributed by atoms with E-state index in [0.717, 1.165) is 0 Å². The van der Waals surface area contributed by atoms with Crippen molar-refractivity contribution in [2.45, 2.75) is 52.7 Å². The first-order valence-corrected chi connectivity index (χ1v) is 7.97. The van der Waals surface area contributed by atoms with E-state index in [9.17, 15) is 9.18 Å². The number of halogens is 2. The minimum Gasteiger partial charge on any atom is -0.444 e. The summed E-state index contributed by atoms with van der Waals surface area (Å²) in [5.74, 6) is -0.403. The molecule has 1 aromatic rings. The van der Waals surface area contributed by atoms with E-state index in [1.54, 1.807) is 11.0 Å². The van der Waals surface area contributed by atoms with Crippen LogP contribution in [-0.2, 0) is 4.74 Å². The van der Waals surface area contributed by atoms with E-state index in [1.807, 2.05) is 41.5 Å². The summed E-state index contributed by atoms with van der Waals surface area (Å²) in [6.45, 7) is 12.2. The van der Waals surface area contributed by atoms with Crippen molar-refractivity contribution in [1.82, 2.24) is 4.90 Å².